The Hall–Kier alpha value is -0.0400. The Morgan fingerprint density at radius 3 is 2.00 bits per heavy atom. The quantitative estimate of drug-likeness (QED) is 0.510. The van der Waals surface area contributed by atoms with E-state index in [9.17, 15) is 0 Å². The van der Waals surface area contributed by atoms with Crippen LogP contribution in [-0.4, -0.2) is 31.7 Å². The van der Waals surface area contributed by atoms with Crippen LogP contribution in [0, 0.1) is 0 Å². The molecule has 0 fully saturated rings. The van der Waals surface area contributed by atoms with Gasteiger partial charge < -0.3 is 4.48 Å². The second kappa shape index (κ2) is 3.89. The van der Waals surface area contributed by atoms with E-state index in [1.54, 1.807) is 0 Å². The molecular formula is C8H20N+. The Morgan fingerprint density at radius 2 is 1.67 bits per heavy atom. The molecule has 9 heavy (non-hydrogen) atoms. The first-order valence-corrected chi connectivity index (χ1v) is 3.94. The maximum absolute atomic E-state index is 2.29. The van der Waals surface area contributed by atoms with Crippen LogP contribution in [0.3, 0.4) is 0 Å². The summed E-state index contributed by atoms with van der Waals surface area (Å²) in [5.41, 5.74) is 0. The predicted molar refractivity (Wildman–Crippen MR) is 42.4 cm³/mol. The third-order valence-electron chi connectivity index (χ3n) is 1.97. The average molecular weight is 130 g/mol. The number of nitrogens with zero attached hydrogens (tertiary/aromatic N) is 1. The maximum Gasteiger partial charge on any atom is 0.0782 e. The second-order valence-electron chi connectivity index (χ2n) is 3.33. The van der Waals surface area contributed by atoms with Crippen molar-refractivity contribution >= 4 is 0 Å². The largest absolute Gasteiger partial charge is 0.329 e. The summed E-state index contributed by atoms with van der Waals surface area (Å²) in [6.45, 7) is 7.07. The molecule has 1 heteroatoms. The van der Waals surface area contributed by atoms with Crippen molar-refractivity contribution in [1.29, 1.82) is 0 Å². The lowest BCUT2D eigenvalue weighted by Crippen LogP contribution is -2.39. The molecule has 0 aromatic heterocycles. The van der Waals surface area contributed by atoms with Crippen molar-refractivity contribution in [3.63, 3.8) is 0 Å². The fourth-order valence-electron chi connectivity index (χ4n) is 0.744. The first-order chi connectivity index (χ1) is 4.12. The van der Waals surface area contributed by atoms with E-state index < -0.39 is 0 Å². The summed E-state index contributed by atoms with van der Waals surface area (Å²) in [4.78, 5) is 0. The summed E-state index contributed by atoms with van der Waals surface area (Å²) in [5.74, 6) is 0. The van der Waals surface area contributed by atoms with Crippen molar-refractivity contribution in [3.05, 3.63) is 0 Å². The van der Waals surface area contributed by atoms with Gasteiger partial charge in [0.1, 0.15) is 0 Å². The topological polar surface area (TPSA) is 0 Å². The van der Waals surface area contributed by atoms with Crippen LogP contribution in [-0.2, 0) is 0 Å². The van der Waals surface area contributed by atoms with Crippen LogP contribution >= 0.6 is 0 Å². The fourth-order valence-corrected chi connectivity index (χ4v) is 0.744. The molecule has 0 radical (unpaired) electrons. The molecule has 0 saturated carbocycles. The minimum Gasteiger partial charge on any atom is -0.329 e. The molecule has 1 nitrogen and oxygen atoms in total. The molecule has 0 amide bonds. The normalized spacial score (nSPS) is 12.0. The third kappa shape index (κ3) is 4.46. The summed E-state index contributed by atoms with van der Waals surface area (Å²) in [5, 5.41) is 0. The molecule has 0 aliphatic heterocycles. The number of hydrogen-bond donors (Lipinski definition) is 0. The molecule has 0 saturated heterocycles. The van der Waals surface area contributed by atoms with Crippen LogP contribution in [0.4, 0.5) is 0 Å². The van der Waals surface area contributed by atoms with Gasteiger partial charge in [-0.05, 0) is 13.3 Å². The van der Waals surface area contributed by atoms with Gasteiger partial charge in [0.05, 0.1) is 27.2 Å². The maximum atomic E-state index is 2.29. The van der Waals surface area contributed by atoms with Gasteiger partial charge in [-0.2, -0.15) is 0 Å². The first-order valence-electron chi connectivity index (χ1n) is 3.94. The van der Waals surface area contributed by atoms with Gasteiger partial charge in [0.25, 0.3) is 0 Å². The SMILES string of the molecule is CCCC[N+](C)(C)CC. The van der Waals surface area contributed by atoms with E-state index in [0.717, 1.165) is 0 Å². The summed E-state index contributed by atoms with van der Waals surface area (Å²) >= 11 is 0. The minimum absolute atomic E-state index is 1.17. The highest BCUT2D eigenvalue weighted by Crippen LogP contribution is 1.99. The molecular weight excluding hydrogens is 110 g/mol. The Balaban J connectivity index is 3.33. The van der Waals surface area contributed by atoms with E-state index in [0.29, 0.717) is 0 Å². The van der Waals surface area contributed by atoms with Crippen LogP contribution in [0.1, 0.15) is 26.7 Å². The second-order valence-corrected chi connectivity index (χ2v) is 3.33. The van der Waals surface area contributed by atoms with Crippen molar-refractivity contribution in [1.82, 2.24) is 0 Å². The van der Waals surface area contributed by atoms with E-state index >= 15 is 0 Å². The molecule has 0 bridgehead atoms. The Labute approximate surface area is 59.3 Å². The number of unbranched alkanes of at least 4 members (excludes halogenated alkanes) is 1. The molecule has 0 rings (SSSR count). The summed E-state index contributed by atoms with van der Waals surface area (Å²) in [7, 11) is 4.57. The number of hydrogen-bond acceptors (Lipinski definition) is 0. The van der Waals surface area contributed by atoms with Crippen LogP contribution in [0.2, 0.25) is 0 Å². The first kappa shape index (κ1) is 8.96. The van der Waals surface area contributed by atoms with Crippen LogP contribution in [0.5, 0.6) is 0 Å². The zero-order chi connectivity index (χ0) is 7.33. The van der Waals surface area contributed by atoms with Crippen LogP contribution in [0.15, 0.2) is 0 Å². The standard InChI is InChI=1S/C8H20N/c1-5-7-8-9(3,4)6-2/h5-8H2,1-4H3/q+1. The molecule has 0 aliphatic carbocycles. The predicted octanol–water partition coefficient (Wildman–Crippen LogP) is 1.88. The van der Waals surface area contributed by atoms with Gasteiger partial charge in [0.15, 0.2) is 0 Å². The molecule has 0 atom stereocenters. The smallest absolute Gasteiger partial charge is 0.0782 e. The van der Waals surface area contributed by atoms with E-state index in [1.807, 2.05) is 0 Å². The minimum atomic E-state index is 1.17. The van der Waals surface area contributed by atoms with Crippen molar-refractivity contribution < 1.29 is 4.48 Å². The van der Waals surface area contributed by atoms with E-state index in [2.05, 4.69) is 27.9 Å². The van der Waals surface area contributed by atoms with Crippen molar-refractivity contribution in [2.45, 2.75) is 26.7 Å². The number of rotatable bonds is 4. The Kier molecular flexibility index (Phi) is 3.87. The molecule has 0 aromatic carbocycles. The third-order valence-corrected chi connectivity index (χ3v) is 1.97. The number of quaternary nitrogens is 1. The van der Waals surface area contributed by atoms with Crippen molar-refractivity contribution in [2.75, 3.05) is 27.2 Å². The zero-order valence-corrected chi connectivity index (χ0v) is 7.28. The molecule has 0 heterocycles. The molecule has 0 aromatic rings. The van der Waals surface area contributed by atoms with Crippen molar-refractivity contribution in [3.8, 4) is 0 Å². The van der Waals surface area contributed by atoms with Gasteiger partial charge in [0, 0.05) is 0 Å². The van der Waals surface area contributed by atoms with Gasteiger partial charge in [-0.25, -0.2) is 0 Å². The van der Waals surface area contributed by atoms with Gasteiger partial charge in [-0.15, -0.1) is 0 Å². The highest BCUT2D eigenvalue weighted by molar-refractivity contribution is 4.31. The van der Waals surface area contributed by atoms with Crippen molar-refractivity contribution in [2.24, 2.45) is 0 Å². The van der Waals surface area contributed by atoms with E-state index in [4.69, 9.17) is 0 Å². The lowest BCUT2D eigenvalue weighted by Gasteiger charge is -2.27. The van der Waals surface area contributed by atoms with E-state index in [1.165, 1.54) is 30.4 Å². The van der Waals surface area contributed by atoms with Gasteiger partial charge >= 0.3 is 0 Å². The van der Waals surface area contributed by atoms with Gasteiger partial charge in [-0.1, -0.05) is 13.3 Å². The van der Waals surface area contributed by atoms with E-state index in [-0.39, 0.29) is 0 Å². The summed E-state index contributed by atoms with van der Waals surface area (Å²) in [6, 6.07) is 0. The molecule has 0 N–H and O–H groups in total. The van der Waals surface area contributed by atoms with Gasteiger partial charge in [-0.3, -0.25) is 0 Å². The highest BCUT2D eigenvalue weighted by atomic mass is 15.3. The van der Waals surface area contributed by atoms with Crippen LogP contribution in [0.25, 0.3) is 0 Å². The summed E-state index contributed by atoms with van der Waals surface area (Å²) < 4.78 is 1.17. The fraction of sp³-hybridized carbons (Fsp3) is 1.00. The zero-order valence-electron chi connectivity index (χ0n) is 7.28. The Bertz CT molecular complexity index is 67.0. The highest BCUT2D eigenvalue weighted by Gasteiger charge is 2.08. The Morgan fingerprint density at radius 1 is 1.11 bits per heavy atom. The monoisotopic (exact) mass is 130 g/mol. The molecule has 0 aliphatic rings. The van der Waals surface area contributed by atoms with Crippen LogP contribution < -0.4 is 0 Å². The summed E-state index contributed by atoms with van der Waals surface area (Å²) in [6.07, 6.45) is 2.68. The molecule has 0 spiro atoms. The van der Waals surface area contributed by atoms with Gasteiger partial charge in [0.2, 0.25) is 0 Å². The lowest BCUT2D eigenvalue weighted by molar-refractivity contribution is -0.888. The molecule has 56 valence electrons. The lowest BCUT2D eigenvalue weighted by atomic mass is 10.3. The molecule has 0 unspecified atom stereocenters. The average Bonchev–Trinajstić information content (AvgIpc) is 1.84.